The van der Waals surface area contributed by atoms with E-state index in [-0.39, 0.29) is 0 Å². The van der Waals surface area contributed by atoms with Crippen LogP contribution in [0, 0.1) is 6.92 Å². The van der Waals surface area contributed by atoms with Crippen molar-refractivity contribution in [3.8, 4) is 11.3 Å². The molecule has 22 heavy (non-hydrogen) atoms. The predicted octanol–water partition coefficient (Wildman–Crippen LogP) is 2.11. The summed E-state index contributed by atoms with van der Waals surface area (Å²) in [7, 11) is 0. The highest BCUT2D eigenvalue weighted by Gasteiger charge is 2.34. The molecule has 0 amide bonds. The van der Waals surface area contributed by atoms with E-state index in [2.05, 4.69) is 5.16 Å². The second kappa shape index (κ2) is 6.29. The maximum atomic E-state index is 11.9. The van der Waals surface area contributed by atoms with Gasteiger partial charge in [-0.05, 0) is 6.92 Å². The lowest BCUT2D eigenvalue weighted by Crippen LogP contribution is -2.42. The van der Waals surface area contributed by atoms with Crippen LogP contribution in [0.1, 0.15) is 17.4 Å². The van der Waals surface area contributed by atoms with Gasteiger partial charge in [0.05, 0.1) is 18.8 Å². The molecule has 0 aliphatic carbocycles. The SMILES string of the molecule is Cc1onc(-c2ccccc2)c1C(C(=O)O)N1CCOCC1. The highest BCUT2D eigenvalue weighted by atomic mass is 16.5. The van der Waals surface area contributed by atoms with Gasteiger partial charge < -0.3 is 14.4 Å². The quantitative estimate of drug-likeness (QED) is 0.932. The lowest BCUT2D eigenvalue weighted by Gasteiger charge is -2.31. The van der Waals surface area contributed by atoms with Crippen LogP contribution in [-0.4, -0.2) is 47.4 Å². The third kappa shape index (κ3) is 2.75. The third-order valence-corrected chi connectivity index (χ3v) is 3.87. The number of carbonyl (C=O) groups is 1. The van der Waals surface area contributed by atoms with Gasteiger partial charge in [-0.1, -0.05) is 35.5 Å². The van der Waals surface area contributed by atoms with Crippen LogP contribution in [0.3, 0.4) is 0 Å². The van der Waals surface area contributed by atoms with Crippen LogP contribution in [0.25, 0.3) is 11.3 Å². The highest BCUT2D eigenvalue weighted by Crippen LogP contribution is 2.34. The van der Waals surface area contributed by atoms with Gasteiger partial charge in [-0.2, -0.15) is 0 Å². The number of hydrogen-bond acceptors (Lipinski definition) is 5. The van der Waals surface area contributed by atoms with Crippen LogP contribution in [0.2, 0.25) is 0 Å². The molecule has 1 atom stereocenters. The van der Waals surface area contributed by atoms with E-state index in [1.165, 1.54) is 0 Å². The normalized spacial score (nSPS) is 17.3. The van der Waals surface area contributed by atoms with Crippen molar-refractivity contribution in [2.75, 3.05) is 26.3 Å². The summed E-state index contributed by atoms with van der Waals surface area (Å²) in [5, 5.41) is 13.8. The fraction of sp³-hybridized carbons (Fsp3) is 0.375. The molecule has 116 valence electrons. The number of aryl methyl sites for hydroxylation is 1. The monoisotopic (exact) mass is 302 g/mol. The van der Waals surface area contributed by atoms with E-state index in [0.717, 1.165) is 5.56 Å². The smallest absolute Gasteiger partial charge is 0.325 e. The molecule has 0 spiro atoms. The molecule has 3 rings (SSSR count). The first-order valence-corrected chi connectivity index (χ1v) is 7.24. The first kappa shape index (κ1) is 14.7. The number of aliphatic carboxylic acids is 1. The largest absolute Gasteiger partial charge is 0.480 e. The number of benzene rings is 1. The second-order valence-corrected chi connectivity index (χ2v) is 5.26. The molecule has 1 unspecified atom stereocenters. The molecule has 1 aromatic carbocycles. The van der Waals surface area contributed by atoms with Gasteiger partial charge in [0, 0.05) is 18.7 Å². The zero-order valence-electron chi connectivity index (χ0n) is 12.4. The standard InChI is InChI=1S/C16H18N2O4/c1-11-13(14(17-22-11)12-5-3-2-4-6-12)15(16(19)20)18-7-9-21-10-8-18/h2-6,15H,7-10H2,1H3,(H,19,20). The Balaban J connectivity index is 2.04. The van der Waals surface area contributed by atoms with Crippen LogP contribution in [0.5, 0.6) is 0 Å². The van der Waals surface area contributed by atoms with Gasteiger partial charge in [0.15, 0.2) is 0 Å². The minimum atomic E-state index is -0.898. The fourth-order valence-electron chi connectivity index (χ4n) is 2.80. The van der Waals surface area contributed by atoms with Crippen LogP contribution in [0.15, 0.2) is 34.9 Å². The maximum Gasteiger partial charge on any atom is 0.325 e. The average Bonchev–Trinajstić information content (AvgIpc) is 2.91. The lowest BCUT2D eigenvalue weighted by atomic mass is 9.98. The summed E-state index contributed by atoms with van der Waals surface area (Å²) < 4.78 is 10.6. The Morgan fingerprint density at radius 3 is 2.59 bits per heavy atom. The molecule has 6 nitrogen and oxygen atoms in total. The van der Waals surface area contributed by atoms with Crippen molar-refractivity contribution in [2.45, 2.75) is 13.0 Å². The number of ether oxygens (including phenoxy) is 1. The molecule has 6 heteroatoms. The summed E-state index contributed by atoms with van der Waals surface area (Å²) in [6.07, 6.45) is 0. The van der Waals surface area contributed by atoms with Crippen molar-refractivity contribution >= 4 is 5.97 Å². The molecule has 1 N–H and O–H groups in total. The summed E-state index contributed by atoms with van der Waals surface area (Å²) in [5.74, 6) is -0.358. The molecular formula is C16H18N2O4. The number of carboxylic acid groups (broad SMARTS) is 1. The number of morpholine rings is 1. The van der Waals surface area contributed by atoms with Gasteiger partial charge in [-0.3, -0.25) is 9.69 Å². The molecule has 1 aromatic heterocycles. The number of nitrogens with zero attached hydrogens (tertiary/aromatic N) is 2. The highest BCUT2D eigenvalue weighted by molar-refractivity contribution is 5.80. The van der Waals surface area contributed by atoms with Crippen LogP contribution >= 0.6 is 0 Å². The Labute approximate surface area is 128 Å². The predicted molar refractivity (Wildman–Crippen MR) is 79.4 cm³/mol. The summed E-state index contributed by atoms with van der Waals surface area (Å²) in [5.41, 5.74) is 2.08. The molecule has 0 radical (unpaired) electrons. The van der Waals surface area contributed by atoms with E-state index in [0.29, 0.717) is 43.3 Å². The topological polar surface area (TPSA) is 75.8 Å². The van der Waals surface area contributed by atoms with Crippen molar-refractivity contribution in [3.05, 3.63) is 41.7 Å². The molecular weight excluding hydrogens is 284 g/mol. The molecule has 0 bridgehead atoms. The number of rotatable bonds is 4. The van der Waals surface area contributed by atoms with Crippen LogP contribution < -0.4 is 0 Å². The Hall–Kier alpha value is -2.18. The molecule has 2 heterocycles. The zero-order chi connectivity index (χ0) is 15.5. The molecule has 1 aliphatic rings. The van der Waals surface area contributed by atoms with Gasteiger partial charge >= 0.3 is 5.97 Å². The summed E-state index contributed by atoms with van der Waals surface area (Å²) in [4.78, 5) is 13.8. The van der Waals surface area contributed by atoms with Crippen LogP contribution in [-0.2, 0) is 9.53 Å². The molecule has 2 aromatic rings. The number of hydrogen-bond donors (Lipinski definition) is 1. The first-order chi connectivity index (χ1) is 10.7. The van der Waals surface area contributed by atoms with Crippen molar-refractivity contribution in [3.63, 3.8) is 0 Å². The molecule has 1 saturated heterocycles. The van der Waals surface area contributed by atoms with Gasteiger partial charge in [-0.25, -0.2) is 0 Å². The van der Waals surface area contributed by atoms with Crippen molar-refractivity contribution < 1.29 is 19.2 Å². The van der Waals surface area contributed by atoms with E-state index in [9.17, 15) is 9.90 Å². The molecule has 1 aliphatic heterocycles. The number of aromatic nitrogens is 1. The second-order valence-electron chi connectivity index (χ2n) is 5.26. The van der Waals surface area contributed by atoms with E-state index in [4.69, 9.17) is 9.26 Å². The fourth-order valence-corrected chi connectivity index (χ4v) is 2.80. The van der Waals surface area contributed by atoms with Gasteiger partial charge in [-0.15, -0.1) is 0 Å². The van der Waals surface area contributed by atoms with Crippen LogP contribution in [0.4, 0.5) is 0 Å². The molecule has 1 fully saturated rings. The van der Waals surface area contributed by atoms with Crippen molar-refractivity contribution in [2.24, 2.45) is 0 Å². The van der Waals surface area contributed by atoms with Gasteiger partial charge in [0.25, 0.3) is 0 Å². The van der Waals surface area contributed by atoms with E-state index in [1.54, 1.807) is 6.92 Å². The Morgan fingerprint density at radius 1 is 1.27 bits per heavy atom. The van der Waals surface area contributed by atoms with Crippen molar-refractivity contribution in [1.29, 1.82) is 0 Å². The minimum absolute atomic E-state index is 0.536. The average molecular weight is 302 g/mol. The lowest BCUT2D eigenvalue weighted by molar-refractivity contribution is -0.145. The Morgan fingerprint density at radius 2 is 1.95 bits per heavy atom. The van der Waals surface area contributed by atoms with Crippen molar-refractivity contribution in [1.82, 2.24) is 10.1 Å². The first-order valence-electron chi connectivity index (χ1n) is 7.24. The van der Waals surface area contributed by atoms with E-state index < -0.39 is 12.0 Å². The summed E-state index contributed by atoms with van der Waals surface area (Å²) in [6.45, 7) is 3.99. The Kier molecular flexibility index (Phi) is 4.22. The van der Waals surface area contributed by atoms with Gasteiger partial charge in [0.2, 0.25) is 0 Å². The minimum Gasteiger partial charge on any atom is -0.480 e. The third-order valence-electron chi connectivity index (χ3n) is 3.87. The zero-order valence-corrected chi connectivity index (χ0v) is 12.4. The summed E-state index contributed by atoms with van der Waals surface area (Å²) in [6, 6.07) is 8.73. The van der Waals surface area contributed by atoms with Gasteiger partial charge in [0.1, 0.15) is 17.5 Å². The summed E-state index contributed by atoms with van der Waals surface area (Å²) >= 11 is 0. The maximum absolute atomic E-state index is 11.9. The number of carboxylic acids is 1. The van der Waals surface area contributed by atoms with E-state index in [1.807, 2.05) is 35.2 Å². The molecule has 0 saturated carbocycles. The Bertz CT molecular complexity index is 647. The van der Waals surface area contributed by atoms with E-state index >= 15 is 0 Å².